The summed E-state index contributed by atoms with van der Waals surface area (Å²) >= 11 is 5.81. The summed E-state index contributed by atoms with van der Waals surface area (Å²) in [6.45, 7) is 1.85. The Hall–Kier alpha value is -1.88. The van der Waals surface area contributed by atoms with E-state index in [9.17, 15) is 14.4 Å². The van der Waals surface area contributed by atoms with Gasteiger partial charge in [-0.3, -0.25) is 19.8 Å². The Bertz CT molecular complexity index is 607. The fourth-order valence-corrected chi connectivity index (χ4v) is 2.57. The molecule has 1 aromatic carbocycles. The summed E-state index contributed by atoms with van der Waals surface area (Å²) in [6.07, 6.45) is 1.54. The first-order valence-electron chi connectivity index (χ1n) is 6.37. The van der Waals surface area contributed by atoms with Crippen LogP contribution in [-0.4, -0.2) is 28.3 Å². The maximum absolute atomic E-state index is 12.5. The molecular formula is C14H13ClN2O3. The lowest BCUT2D eigenvalue weighted by atomic mass is 9.94. The van der Waals surface area contributed by atoms with E-state index < -0.39 is 29.3 Å². The van der Waals surface area contributed by atoms with Crippen molar-refractivity contribution in [2.75, 3.05) is 0 Å². The SMILES string of the molecule is CC1(N2C(=O)NC(=O)C(c3ccc(Cl)cc3)C2=O)CC1. The van der Waals surface area contributed by atoms with Crippen molar-refractivity contribution < 1.29 is 14.4 Å². The topological polar surface area (TPSA) is 66.5 Å². The van der Waals surface area contributed by atoms with Gasteiger partial charge in [-0.1, -0.05) is 23.7 Å². The number of carbonyl (C=O) groups excluding carboxylic acids is 3. The standard InChI is InChI=1S/C14H13ClN2O3/c1-14(6-7-14)17-12(19)10(11(18)16-13(17)20)8-2-4-9(15)5-3-8/h2-5,10H,6-7H2,1H3,(H,16,18,20). The zero-order chi connectivity index (χ0) is 14.5. The normalized spacial score (nSPS) is 24.6. The number of carbonyl (C=O) groups is 3. The lowest BCUT2D eigenvalue weighted by Gasteiger charge is -2.34. The molecule has 1 aliphatic heterocycles. The first-order valence-corrected chi connectivity index (χ1v) is 6.74. The van der Waals surface area contributed by atoms with E-state index in [1.165, 1.54) is 4.90 Å². The number of benzene rings is 1. The molecule has 0 spiro atoms. The lowest BCUT2D eigenvalue weighted by Crippen LogP contribution is -2.60. The van der Waals surface area contributed by atoms with Gasteiger partial charge in [0.05, 0.1) is 0 Å². The van der Waals surface area contributed by atoms with Crippen LogP contribution >= 0.6 is 11.6 Å². The molecule has 2 fully saturated rings. The largest absolute Gasteiger partial charge is 0.331 e. The van der Waals surface area contributed by atoms with Crippen LogP contribution in [0.15, 0.2) is 24.3 Å². The third-order valence-corrected chi connectivity index (χ3v) is 4.13. The van der Waals surface area contributed by atoms with Crippen molar-refractivity contribution in [3.63, 3.8) is 0 Å². The second-order valence-electron chi connectivity index (χ2n) is 5.45. The molecule has 1 heterocycles. The van der Waals surface area contributed by atoms with Crippen LogP contribution in [0.3, 0.4) is 0 Å². The van der Waals surface area contributed by atoms with Crippen LogP contribution in [0.2, 0.25) is 5.02 Å². The monoisotopic (exact) mass is 292 g/mol. The number of imide groups is 2. The van der Waals surface area contributed by atoms with Gasteiger partial charge in [0.2, 0.25) is 11.8 Å². The third-order valence-electron chi connectivity index (χ3n) is 3.88. The van der Waals surface area contributed by atoms with Crippen LogP contribution in [0.5, 0.6) is 0 Å². The smallest absolute Gasteiger partial charge is 0.277 e. The van der Waals surface area contributed by atoms with Gasteiger partial charge in [0.15, 0.2) is 0 Å². The minimum absolute atomic E-state index is 0.452. The second kappa shape index (κ2) is 4.31. The molecule has 0 bridgehead atoms. The first-order chi connectivity index (χ1) is 9.42. The van der Waals surface area contributed by atoms with Crippen LogP contribution in [0.4, 0.5) is 4.79 Å². The second-order valence-corrected chi connectivity index (χ2v) is 5.89. The van der Waals surface area contributed by atoms with E-state index in [-0.39, 0.29) is 0 Å². The van der Waals surface area contributed by atoms with Gasteiger partial charge >= 0.3 is 6.03 Å². The van der Waals surface area contributed by atoms with Gasteiger partial charge < -0.3 is 0 Å². The highest BCUT2D eigenvalue weighted by Crippen LogP contribution is 2.43. The zero-order valence-electron chi connectivity index (χ0n) is 10.9. The van der Waals surface area contributed by atoms with Crippen molar-refractivity contribution in [3.8, 4) is 0 Å². The number of amides is 4. The Morgan fingerprint density at radius 3 is 2.35 bits per heavy atom. The van der Waals surface area contributed by atoms with Gasteiger partial charge in [-0.05, 0) is 37.5 Å². The number of halogens is 1. The summed E-state index contributed by atoms with van der Waals surface area (Å²) < 4.78 is 0. The summed E-state index contributed by atoms with van der Waals surface area (Å²) in [5.41, 5.74) is 0.0886. The molecule has 20 heavy (non-hydrogen) atoms. The number of nitrogens with zero attached hydrogens (tertiary/aromatic N) is 1. The summed E-state index contributed by atoms with van der Waals surface area (Å²) in [6, 6.07) is 5.89. The number of hydrogen-bond acceptors (Lipinski definition) is 3. The molecule has 1 atom stereocenters. The average molecular weight is 293 g/mol. The van der Waals surface area contributed by atoms with E-state index in [0.29, 0.717) is 10.6 Å². The van der Waals surface area contributed by atoms with E-state index in [0.717, 1.165) is 12.8 Å². The molecule has 4 amide bonds. The molecule has 104 valence electrons. The quantitative estimate of drug-likeness (QED) is 0.849. The zero-order valence-corrected chi connectivity index (χ0v) is 11.6. The van der Waals surface area contributed by atoms with Crippen molar-refractivity contribution in [2.24, 2.45) is 0 Å². The van der Waals surface area contributed by atoms with Crippen LogP contribution in [-0.2, 0) is 9.59 Å². The number of rotatable bonds is 2. The minimum atomic E-state index is -0.984. The van der Waals surface area contributed by atoms with Crippen LogP contribution in [0.1, 0.15) is 31.2 Å². The molecule has 0 radical (unpaired) electrons. The summed E-state index contributed by atoms with van der Waals surface area (Å²) in [5, 5.41) is 2.79. The Morgan fingerprint density at radius 2 is 1.80 bits per heavy atom. The fraction of sp³-hybridized carbons (Fsp3) is 0.357. The van der Waals surface area contributed by atoms with Crippen LogP contribution in [0, 0.1) is 0 Å². The highest BCUT2D eigenvalue weighted by atomic mass is 35.5. The molecular weight excluding hydrogens is 280 g/mol. The highest BCUT2D eigenvalue weighted by molar-refractivity contribution is 6.30. The first kappa shape index (κ1) is 13.1. The number of nitrogens with one attached hydrogen (secondary N) is 1. The molecule has 5 nitrogen and oxygen atoms in total. The predicted octanol–water partition coefficient (Wildman–Crippen LogP) is 2.05. The van der Waals surface area contributed by atoms with Crippen molar-refractivity contribution in [1.82, 2.24) is 10.2 Å². The van der Waals surface area contributed by atoms with E-state index in [1.54, 1.807) is 24.3 Å². The van der Waals surface area contributed by atoms with Gasteiger partial charge in [0, 0.05) is 10.6 Å². The summed E-state index contributed by atoms with van der Waals surface area (Å²) in [4.78, 5) is 37.6. The molecule has 3 rings (SSSR count). The maximum atomic E-state index is 12.5. The maximum Gasteiger partial charge on any atom is 0.331 e. The van der Waals surface area contributed by atoms with Gasteiger partial charge in [0.1, 0.15) is 5.92 Å². The molecule has 1 aliphatic carbocycles. The average Bonchev–Trinajstić information content (AvgIpc) is 3.09. The number of hydrogen-bond donors (Lipinski definition) is 1. The number of barbiturate groups is 1. The number of urea groups is 1. The van der Waals surface area contributed by atoms with E-state index >= 15 is 0 Å². The van der Waals surface area contributed by atoms with Crippen LogP contribution < -0.4 is 5.32 Å². The van der Waals surface area contributed by atoms with Crippen molar-refractivity contribution >= 4 is 29.4 Å². The van der Waals surface area contributed by atoms with Gasteiger partial charge in [0.25, 0.3) is 0 Å². The Labute approximate surface area is 120 Å². The van der Waals surface area contributed by atoms with Crippen LogP contribution in [0.25, 0.3) is 0 Å². The van der Waals surface area contributed by atoms with E-state index in [4.69, 9.17) is 11.6 Å². The van der Waals surface area contributed by atoms with Crippen molar-refractivity contribution in [1.29, 1.82) is 0 Å². The molecule has 1 N–H and O–H groups in total. The molecule has 0 aromatic heterocycles. The van der Waals surface area contributed by atoms with Gasteiger partial charge in [-0.2, -0.15) is 0 Å². The van der Waals surface area contributed by atoms with Gasteiger partial charge in [-0.15, -0.1) is 0 Å². The Morgan fingerprint density at radius 1 is 1.20 bits per heavy atom. The molecule has 1 aromatic rings. The highest BCUT2D eigenvalue weighted by Gasteiger charge is 2.54. The fourth-order valence-electron chi connectivity index (χ4n) is 2.44. The molecule has 2 aliphatic rings. The lowest BCUT2D eigenvalue weighted by molar-refractivity contribution is -0.140. The Kier molecular flexibility index (Phi) is 2.83. The molecule has 1 saturated heterocycles. The minimum Gasteiger partial charge on any atom is -0.277 e. The third kappa shape index (κ3) is 1.98. The van der Waals surface area contributed by atoms with E-state index in [1.807, 2.05) is 6.92 Å². The summed E-state index contributed by atoms with van der Waals surface area (Å²) in [7, 11) is 0. The van der Waals surface area contributed by atoms with Crippen molar-refractivity contribution in [3.05, 3.63) is 34.9 Å². The van der Waals surface area contributed by atoms with Gasteiger partial charge in [-0.25, -0.2) is 4.79 Å². The van der Waals surface area contributed by atoms with Crippen molar-refractivity contribution in [2.45, 2.75) is 31.2 Å². The van der Waals surface area contributed by atoms with E-state index in [2.05, 4.69) is 5.32 Å². The molecule has 1 unspecified atom stereocenters. The predicted molar refractivity (Wildman–Crippen MR) is 72.2 cm³/mol. The molecule has 1 saturated carbocycles. The summed E-state index contributed by atoms with van der Waals surface area (Å²) in [5.74, 6) is -2.02. The molecule has 6 heteroatoms. The Balaban J connectivity index is 1.97.